The second kappa shape index (κ2) is 5.14. The summed E-state index contributed by atoms with van der Waals surface area (Å²) in [6.07, 6.45) is 1.59. The Labute approximate surface area is 126 Å². The fraction of sp³-hybridized carbons (Fsp3) is 0.188. The maximum atomic E-state index is 12.4. The van der Waals surface area contributed by atoms with E-state index < -0.39 is 17.5 Å². The zero-order valence-electron chi connectivity index (χ0n) is 12.0. The molecule has 2 N–H and O–H groups in total. The number of carbonyl (C=O) groups excluding carboxylic acids is 2. The van der Waals surface area contributed by atoms with Crippen LogP contribution in [0, 0.1) is 6.92 Å². The zero-order valence-corrected chi connectivity index (χ0v) is 12.0. The Bertz CT molecular complexity index is 795. The molecule has 3 amide bonds. The Morgan fingerprint density at radius 1 is 1.05 bits per heavy atom. The SMILES string of the molecule is Cc1ccc(C2(Cn3ccccc3=O)NC(=O)NC2=O)cc1. The second-order valence-electron chi connectivity index (χ2n) is 5.35. The summed E-state index contributed by atoms with van der Waals surface area (Å²) in [5, 5.41) is 4.93. The smallest absolute Gasteiger partial charge is 0.318 e. The van der Waals surface area contributed by atoms with E-state index in [1.807, 2.05) is 19.1 Å². The van der Waals surface area contributed by atoms with E-state index in [4.69, 9.17) is 0 Å². The van der Waals surface area contributed by atoms with Crippen molar-refractivity contribution in [2.24, 2.45) is 0 Å². The van der Waals surface area contributed by atoms with Crippen LogP contribution in [0.3, 0.4) is 0 Å². The predicted molar refractivity (Wildman–Crippen MR) is 80.2 cm³/mol. The third-order valence-corrected chi connectivity index (χ3v) is 3.79. The van der Waals surface area contributed by atoms with Crippen molar-refractivity contribution >= 4 is 11.9 Å². The number of pyridine rings is 1. The first-order valence-corrected chi connectivity index (χ1v) is 6.87. The summed E-state index contributed by atoms with van der Waals surface area (Å²) in [6, 6.07) is 11.5. The molecule has 0 bridgehead atoms. The van der Waals surface area contributed by atoms with Gasteiger partial charge in [-0.1, -0.05) is 35.9 Å². The molecular formula is C16H15N3O3. The minimum absolute atomic E-state index is 0.0350. The lowest BCUT2D eigenvalue weighted by atomic mass is 9.89. The Kier molecular flexibility index (Phi) is 3.29. The number of aromatic nitrogens is 1. The number of amides is 3. The van der Waals surface area contributed by atoms with Gasteiger partial charge in [-0.2, -0.15) is 0 Å². The van der Waals surface area contributed by atoms with Crippen molar-refractivity contribution in [2.75, 3.05) is 0 Å². The molecular weight excluding hydrogens is 282 g/mol. The van der Waals surface area contributed by atoms with E-state index in [1.54, 1.807) is 30.5 Å². The molecule has 1 fully saturated rings. The van der Waals surface area contributed by atoms with Gasteiger partial charge >= 0.3 is 6.03 Å². The van der Waals surface area contributed by atoms with Crippen molar-refractivity contribution in [1.82, 2.24) is 15.2 Å². The van der Waals surface area contributed by atoms with Gasteiger partial charge in [-0.05, 0) is 18.6 Å². The number of hydrogen-bond acceptors (Lipinski definition) is 3. The third-order valence-electron chi connectivity index (χ3n) is 3.79. The molecule has 6 heteroatoms. The van der Waals surface area contributed by atoms with E-state index in [1.165, 1.54) is 10.6 Å². The molecule has 1 atom stereocenters. The molecule has 1 aromatic carbocycles. The molecule has 112 valence electrons. The molecule has 1 aliphatic rings. The van der Waals surface area contributed by atoms with Crippen LogP contribution in [0.4, 0.5) is 4.79 Å². The van der Waals surface area contributed by atoms with E-state index in [0.717, 1.165) is 5.56 Å². The number of benzene rings is 1. The van der Waals surface area contributed by atoms with E-state index in [0.29, 0.717) is 5.56 Å². The van der Waals surface area contributed by atoms with E-state index in [9.17, 15) is 14.4 Å². The second-order valence-corrected chi connectivity index (χ2v) is 5.35. The number of hydrogen-bond donors (Lipinski definition) is 2. The molecule has 0 saturated carbocycles. The molecule has 1 saturated heterocycles. The van der Waals surface area contributed by atoms with Gasteiger partial charge in [0.2, 0.25) is 0 Å². The van der Waals surface area contributed by atoms with Gasteiger partial charge in [-0.3, -0.25) is 14.9 Å². The van der Waals surface area contributed by atoms with Crippen LogP contribution in [0.15, 0.2) is 53.5 Å². The Balaban J connectivity index is 2.10. The molecule has 0 aliphatic carbocycles. The number of imide groups is 1. The molecule has 3 rings (SSSR count). The van der Waals surface area contributed by atoms with Crippen LogP contribution >= 0.6 is 0 Å². The number of nitrogens with zero attached hydrogens (tertiary/aromatic N) is 1. The molecule has 2 aromatic rings. The number of aryl methyl sites for hydroxylation is 1. The van der Waals surface area contributed by atoms with Crippen molar-refractivity contribution in [2.45, 2.75) is 19.0 Å². The van der Waals surface area contributed by atoms with Crippen molar-refractivity contribution < 1.29 is 9.59 Å². The fourth-order valence-corrected chi connectivity index (χ4v) is 2.58. The lowest BCUT2D eigenvalue weighted by molar-refractivity contribution is -0.124. The van der Waals surface area contributed by atoms with Gasteiger partial charge in [0.15, 0.2) is 5.54 Å². The molecule has 1 unspecified atom stereocenters. The summed E-state index contributed by atoms with van der Waals surface area (Å²) in [5.41, 5.74) is 0.163. The highest BCUT2D eigenvalue weighted by molar-refractivity contribution is 6.07. The maximum absolute atomic E-state index is 12.4. The highest BCUT2D eigenvalue weighted by Gasteiger charge is 2.48. The Morgan fingerprint density at radius 3 is 2.36 bits per heavy atom. The van der Waals surface area contributed by atoms with Gasteiger partial charge in [0, 0.05) is 12.3 Å². The van der Waals surface area contributed by atoms with E-state index in [-0.39, 0.29) is 12.1 Å². The standard InChI is InChI=1S/C16H15N3O3/c1-11-5-7-12(8-6-11)16(14(21)17-15(22)18-16)10-19-9-3-2-4-13(19)20/h2-9H,10H2,1H3,(H2,17,18,21,22). The average molecular weight is 297 g/mol. The van der Waals surface area contributed by atoms with Gasteiger partial charge < -0.3 is 9.88 Å². The van der Waals surface area contributed by atoms with Crippen LogP contribution in [0.25, 0.3) is 0 Å². The van der Waals surface area contributed by atoms with Gasteiger partial charge in [-0.15, -0.1) is 0 Å². The minimum Gasteiger partial charge on any atom is -0.318 e. The van der Waals surface area contributed by atoms with Crippen LogP contribution in [0.1, 0.15) is 11.1 Å². The summed E-state index contributed by atoms with van der Waals surface area (Å²) >= 11 is 0. The summed E-state index contributed by atoms with van der Waals surface area (Å²) in [4.78, 5) is 36.0. The molecule has 0 spiro atoms. The number of nitrogens with one attached hydrogen (secondary N) is 2. The molecule has 0 radical (unpaired) electrons. The van der Waals surface area contributed by atoms with Gasteiger partial charge in [0.25, 0.3) is 11.5 Å². The van der Waals surface area contributed by atoms with Crippen LogP contribution in [0.5, 0.6) is 0 Å². The summed E-state index contributed by atoms with van der Waals surface area (Å²) < 4.78 is 1.41. The number of urea groups is 1. The maximum Gasteiger partial charge on any atom is 0.322 e. The molecule has 1 aliphatic heterocycles. The molecule has 22 heavy (non-hydrogen) atoms. The van der Waals surface area contributed by atoms with Gasteiger partial charge in [0.05, 0.1) is 6.54 Å². The average Bonchev–Trinajstić information content (AvgIpc) is 2.77. The van der Waals surface area contributed by atoms with E-state index >= 15 is 0 Å². The van der Waals surface area contributed by atoms with Crippen molar-refractivity contribution in [1.29, 1.82) is 0 Å². The number of carbonyl (C=O) groups is 2. The first-order valence-electron chi connectivity index (χ1n) is 6.87. The Morgan fingerprint density at radius 2 is 1.77 bits per heavy atom. The molecule has 2 heterocycles. The van der Waals surface area contributed by atoms with Crippen molar-refractivity contribution in [3.63, 3.8) is 0 Å². The van der Waals surface area contributed by atoms with Crippen LogP contribution in [0.2, 0.25) is 0 Å². The lowest BCUT2D eigenvalue weighted by Crippen LogP contribution is -2.49. The highest BCUT2D eigenvalue weighted by Crippen LogP contribution is 2.27. The Hall–Kier alpha value is -2.89. The third kappa shape index (κ3) is 2.28. The van der Waals surface area contributed by atoms with Crippen molar-refractivity contribution in [3.05, 3.63) is 70.1 Å². The minimum atomic E-state index is -1.28. The predicted octanol–water partition coefficient (Wildman–Crippen LogP) is 0.892. The van der Waals surface area contributed by atoms with Crippen molar-refractivity contribution in [3.8, 4) is 0 Å². The topological polar surface area (TPSA) is 80.2 Å². The first kappa shape index (κ1) is 14.1. The quantitative estimate of drug-likeness (QED) is 0.826. The van der Waals surface area contributed by atoms with Gasteiger partial charge in [0.1, 0.15) is 0 Å². The first-order chi connectivity index (χ1) is 10.5. The molecule has 1 aromatic heterocycles. The van der Waals surface area contributed by atoms with Crippen LogP contribution < -0.4 is 16.2 Å². The number of rotatable bonds is 3. The zero-order chi connectivity index (χ0) is 15.7. The summed E-state index contributed by atoms with van der Waals surface area (Å²) in [6.45, 7) is 1.97. The fourth-order valence-electron chi connectivity index (χ4n) is 2.58. The molecule has 6 nitrogen and oxygen atoms in total. The van der Waals surface area contributed by atoms with Crippen LogP contribution in [-0.4, -0.2) is 16.5 Å². The van der Waals surface area contributed by atoms with Crippen LogP contribution in [-0.2, 0) is 16.9 Å². The summed E-state index contributed by atoms with van der Waals surface area (Å²) in [7, 11) is 0. The van der Waals surface area contributed by atoms with Gasteiger partial charge in [-0.25, -0.2) is 4.79 Å². The summed E-state index contributed by atoms with van der Waals surface area (Å²) in [5.74, 6) is -0.461. The lowest BCUT2D eigenvalue weighted by Gasteiger charge is -2.27. The highest BCUT2D eigenvalue weighted by atomic mass is 16.2. The largest absolute Gasteiger partial charge is 0.322 e. The normalized spacial score (nSPS) is 20.6. The monoisotopic (exact) mass is 297 g/mol. The van der Waals surface area contributed by atoms with E-state index in [2.05, 4.69) is 10.6 Å².